The van der Waals surface area contributed by atoms with Gasteiger partial charge in [-0.2, -0.15) is 0 Å². The highest BCUT2D eigenvalue weighted by molar-refractivity contribution is 5.79. The zero-order chi connectivity index (χ0) is 20.0. The molecule has 2 fully saturated rings. The summed E-state index contributed by atoms with van der Waals surface area (Å²) >= 11 is 0. The van der Waals surface area contributed by atoms with Crippen LogP contribution in [0.5, 0.6) is 5.75 Å². The lowest BCUT2D eigenvalue weighted by molar-refractivity contribution is -0.159. The quantitative estimate of drug-likeness (QED) is 0.612. The molecular formula is C21H30N2O5. The molecule has 2 aliphatic rings. The highest BCUT2D eigenvalue weighted by Gasteiger charge is 2.42. The van der Waals surface area contributed by atoms with Gasteiger partial charge in [0.2, 0.25) is 0 Å². The van der Waals surface area contributed by atoms with Crippen LogP contribution in [0, 0.1) is 0 Å². The van der Waals surface area contributed by atoms with Crippen molar-refractivity contribution in [3.63, 3.8) is 0 Å². The summed E-state index contributed by atoms with van der Waals surface area (Å²) in [4.78, 5) is 16.1. The molecule has 154 valence electrons. The summed E-state index contributed by atoms with van der Waals surface area (Å²) in [5.74, 6) is -0.703. The number of carboxylic acids is 1. The fourth-order valence-electron chi connectivity index (χ4n) is 3.81. The first-order chi connectivity index (χ1) is 13.5. The first-order valence-corrected chi connectivity index (χ1v) is 10.1. The molecule has 2 heterocycles. The van der Waals surface area contributed by atoms with E-state index in [0.717, 1.165) is 31.3 Å². The van der Waals surface area contributed by atoms with E-state index in [9.17, 15) is 15.0 Å². The standard InChI is InChI=1S/C21H30N2O5/c22-19(12-15-7-10-27-11-8-15)21(26,20(24)25)14-16-13-18(6-9-23-16)28-17-4-2-1-3-5-17/h6,9,12-13,17,19,26H,1-5,7-8,10-11,14,22H2,(H,24,25)/t19-,21+/m0/s1. The highest BCUT2D eigenvalue weighted by Crippen LogP contribution is 2.26. The summed E-state index contributed by atoms with van der Waals surface area (Å²) in [6, 6.07) is 2.43. The number of carbonyl (C=O) groups is 1. The smallest absolute Gasteiger partial charge is 0.338 e. The van der Waals surface area contributed by atoms with E-state index in [0.29, 0.717) is 37.5 Å². The molecule has 1 aromatic heterocycles. The van der Waals surface area contributed by atoms with Crippen molar-refractivity contribution in [3.8, 4) is 5.75 Å². The van der Waals surface area contributed by atoms with Crippen LogP contribution < -0.4 is 10.5 Å². The zero-order valence-electron chi connectivity index (χ0n) is 16.2. The Labute approximate surface area is 165 Å². The lowest BCUT2D eigenvalue weighted by Gasteiger charge is -2.29. The number of rotatable bonds is 7. The topological polar surface area (TPSA) is 115 Å². The van der Waals surface area contributed by atoms with Crippen LogP contribution >= 0.6 is 0 Å². The minimum Gasteiger partial charge on any atom is -0.490 e. The lowest BCUT2D eigenvalue weighted by Crippen LogP contribution is -2.55. The van der Waals surface area contributed by atoms with Crippen molar-refractivity contribution in [2.75, 3.05) is 13.2 Å². The summed E-state index contributed by atoms with van der Waals surface area (Å²) in [6.45, 7) is 1.18. The van der Waals surface area contributed by atoms with E-state index < -0.39 is 17.6 Å². The summed E-state index contributed by atoms with van der Waals surface area (Å²) in [7, 11) is 0. The molecule has 1 aliphatic heterocycles. The molecule has 1 saturated carbocycles. The van der Waals surface area contributed by atoms with Crippen LogP contribution in [-0.4, -0.2) is 52.1 Å². The Morgan fingerprint density at radius 3 is 2.75 bits per heavy atom. The summed E-state index contributed by atoms with van der Waals surface area (Å²) in [5.41, 5.74) is 5.43. The van der Waals surface area contributed by atoms with Gasteiger partial charge in [-0.3, -0.25) is 4.98 Å². The largest absolute Gasteiger partial charge is 0.490 e. The van der Waals surface area contributed by atoms with Crippen LogP contribution in [-0.2, 0) is 16.0 Å². The number of hydrogen-bond acceptors (Lipinski definition) is 6. The van der Waals surface area contributed by atoms with Crippen molar-refractivity contribution in [2.45, 2.75) is 69.1 Å². The molecule has 28 heavy (non-hydrogen) atoms. The number of hydrogen-bond donors (Lipinski definition) is 3. The molecule has 0 bridgehead atoms. The van der Waals surface area contributed by atoms with Gasteiger partial charge in [0, 0.05) is 24.4 Å². The van der Waals surface area contributed by atoms with Crippen LogP contribution in [0.3, 0.4) is 0 Å². The van der Waals surface area contributed by atoms with Gasteiger partial charge in [-0.05, 0) is 44.6 Å². The number of aromatic nitrogens is 1. The monoisotopic (exact) mass is 390 g/mol. The van der Waals surface area contributed by atoms with Gasteiger partial charge in [0.25, 0.3) is 0 Å². The van der Waals surface area contributed by atoms with Crippen molar-refractivity contribution in [2.24, 2.45) is 5.73 Å². The Balaban J connectivity index is 1.72. The van der Waals surface area contributed by atoms with E-state index in [1.807, 2.05) is 0 Å². The molecule has 0 amide bonds. The van der Waals surface area contributed by atoms with E-state index in [1.165, 1.54) is 6.42 Å². The van der Waals surface area contributed by atoms with Gasteiger partial charge in [-0.25, -0.2) is 4.79 Å². The number of carboxylic acid groups (broad SMARTS) is 1. The minimum absolute atomic E-state index is 0.183. The molecule has 4 N–H and O–H groups in total. The summed E-state index contributed by atoms with van der Waals surface area (Å²) < 4.78 is 11.3. The molecule has 3 rings (SSSR count). The third kappa shape index (κ3) is 5.31. The van der Waals surface area contributed by atoms with Crippen molar-refractivity contribution >= 4 is 5.97 Å². The van der Waals surface area contributed by atoms with Crippen molar-refractivity contribution in [3.05, 3.63) is 35.7 Å². The lowest BCUT2D eigenvalue weighted by atomic mass is 9.87. The second-order valence-electron chi connectivity index (χ2n) is 7.73. The van der Waals surface area contributed by atoms with Gasteiger partial charge >= 0.3 is 5.97 Å². The number of pyridine rings is 1. The number of aliphatic hydroxyl groups is 1. The number of nitrogens with two attached hydrogens (primary N) is 1. The second-order valence-corrected chi connectivity index (χ2v) is 7.73. The molecule has 7 nitrogen and oxygen atoms in total. The molecule has 0 spiro atoms. The van der Waals surface area contributed by atoms with Gasteiger partial charge in [-0.15, -0.1) is 0 Å². The Morgan fingerprint density at radius 1 is 1.36 bits per heavy atom. The Morgan fingerprint density at radius 2 is 2.07 bits per heavy atom. The third-order valence-electron chi connectivity index (χ3n) is 5.57. The molecule has 0 aromatic carbocycles. The van der Waals surface area contributed by atoms with Crippen LogP contribution in [0.4, 0.5) is 0 Å². The van der Waals surface area contributed by atoms with E-state index >= 15 is 0 Å². The Bertz CT molecular complexity index is 694. The van der Waals surface area contributed by atoms with Crippen molar-refractivity contribution in [1.82, 2.24) is 4.98 Å². The minimum atomic E-state index is -2.14. The van der Waals surface area contributed by atoms with Gasteiger partial charge in [0.1, 0.15) is 5.75 Å². The SMILES string of the molecule is N[C@@H](C=C1CCOCC1)[C@](O)(Cc1cc(OC2CCCCC2)ccn1)C(=O)O. The third-order valence-corrected chi connectivity index (χ3v) is 5.57. The Hall–Kier alpha value is -1.96. The van der Waals surface area contributed by atoms with E-state index in [-0.39, 0.29) is 12.5 Å². The number of nitrogens with zero attached hydrogens (tertiary/aromatic N) is 1. The average Bonchev–Trinajstić information content (AvgIpc) is 2.69. The van der Waals surface area contributed by atoms with E-state index in [1.54, 1.807) is 24.4 Å². The van der Waals surface area contributed by atoms with Gasteiger partial charge in [-0.1, -0.05) is 18.1 Å². The molecule has 2 atom stereocenters. The first kappa shape index (κ1) is 20.8. The predicted molar refractivity (Wildman–Crippen MR) is 104 cm³/mol. The predicted octanol–water partition coefficient (Wildman–Crippen LogP) is 2.22. The van der Waals surface area contributed by atoms with Gasteiger partial charge in [0.05, 0.1) is 25.4 Å². The van der Waals surface area contributed by atoms with Gasteiger partial charge in [0.15, 0.2) is 5.60 Å². The molecule has 0 unspecified atom stereocenters. The maximum atomic E-state index is 11.9. The van der Waals surface area contributed by atoms with E-state index in [2.05, 4.69) is 4.98 Å². The molecular weight excluding hydrogens is 360 g/mol. The second kappa shape index (κ2) is 9.49. The highest BCUT2D eigenvalue weighted by atomic mass is 16.5. The molecule has 7 heteroatoms. The maximum Gasteiger partial charge on any atom is 0.338 e. The summed E-state index contributed by atoms with van der Waals surface area (Å²) in [6.07, 6.45) is 10.3. The fourth-order valence-corrected chi connectivity index (χ4v) is 3.81. The van der Waals surface area contributed by atoms with Crippen LogP contribution in [0.2, 0.25) is 0 Å². The summed E-state index contributed by atoms with van der Waals surface area (Å²) in [5, 5.41) is 20.6. The fraction of sp³-hybridized carbons (Fsp3) is 0.619. The normalized spacial score (nSPS) is 21.6. The zero-order valence-corrected chi connectivity index (χ0v) is 16.2. The average molecular weight is 390 g/mol. The molecule has 1 saturated heterocycles. The maximum absolute atomic E-state index is 11.9. The van der Waals surface area contributed by atoms with Crippen molar-refractivity contribution in [1.29, 1.82) is 0 Å². The van der Waals surface area contributed by atoms with Crippen molar-refractivity contribution < 1.29 is 24.5 Å². The molecule has 1 aromatic rings. The number of ether oxygens (including phenoxy) is 2. The first-order valence-electron chi connectivity index (χ1n) is 10.1. The number of aliphatic carboxylic acids is 1. The van der Waals surface area contributed by atoms with Crippen LogP contribution in [0.15, 0.2) is 30.0 Å². The molecule has 1 aliphatic carbocycles. The van der Waals surface area contributed by atoms with Crippen LogP contribution in [0.25, 0.3) is 0 Å². The van der Waals surface area contributed by atoms with Gasteiger partial charge < -0.3 is 25.4 Å². The Kier molecular flexibility index (Phi) is 7.04. The molecule has 0 radical (unpaired) electrons. The van der Waals surface area contributed by atoms with E-state index in [4.69, 9.17) is 15.2 Å². The van der Waals surface area contributed by atoms with Crippen LogP contribution in [0.1, 0.15) is 50.6 Å².